The summed E-state index contributed by atoms with van der Waals surface area (Å²) in [5.41, 5.74) is 5.69. The Morgan fingerprint density at radius 2 is 1.74 bits per heavy atom. The number of benzene rings is 2. The van der Waals surface area contributed by atoms with Crippen molar-refractivity contribution in [2.75, 3.05) is 11.4 Å². The number of aryl methyl sites for hydroxylation is 1. The van der Waals surface area contributed by atoms with E-state index in [4.69, 9.17) is 0 Å². The molecule has 0 aromatic heterocycles. The Labute approximate surface area is 139 Å². The van der Waals surface area contributed by atoms with E-state index in [2.05, 4.69) is 84.6 Å². The van der Waals surface area contributed by atoms with Crippen molar-refractivity contribution in [3.05, 3.63) is 84.0 Å². The maximum atomic E-state index is 2.63. The number of hydrogen-bond acceptors (Lipinski definition) is 1. The van der Waals surface area contributed by atoms with Crippen LogP contribution in [0.5, 0.6) is 0 Å². The average molecular weight is 301 g/mol. The van der Waals surface area contributed by atoms with E-state index < -0.39 is 0 Å². The molecule has 1 nitrogen and oxygen atoms in total. The summed E-state index contributed by atoms with van der Waals surface area (Å²) in [5, 5.41) is 0. The maximum Gasteiger partial charge on any atom is 0.0665 e. The van der Waals surface area contributed by atoms with Crippen molar-refractivity contribution in [2.45, 2.75) is 31.7 Å². The number of nitrogens with zero attached hydrogens (tertiary/aromatic N) is 1. The summed E-state index contributed by atoms with van der Waals surface area (Å²) in [7, 11) is 0. The molecule has 2 aromatic rings. The highest BCUT2D eigenvalue weighted by atomic mass is 15.2. The summed E-state index contributed by atoms with van der Waals surface area (Å²) in [5.74, 6) is 0. The van der Waals surface area contributed by atoms with Crippen molar-refractivity contribution < 1.29 is 0 Å². The van der Waals surface area contributed by atoms with Crippen molar-refractivity contribution in [1.82, 2.24) is 0 Å². The van der Waals surface area contributed by atoms with Crippen molar-refractivity contribution in [3.63, 3.8) is 0 Å². The van der Waals surface area contributed by atoms with E-state index in [1.54, 1.807) is 0 Å². The molecule has 116 valence electrons. The van der Waals surface area contributed by atoms with E-state index in [0.717, 1.165) is 13.0 Å². The molecule has 1 atom stereocenters. The van der Waals surface area contributed by atoms with Gasteiger partial charge in [0.05, 0.1) is 5.54 Å². The van der Waals surface area contributed by atoms with Gasteiger partial charge < -0.3 is 4.90 Å². The SMILES string of the molecule is CC1(N2CCCc3ccccc32)CC=CC=C1c1ccccc1. The van der Waals surface area contributed by atoms with E-state index in [9.17, 15) is 0 Å². The summed E-state index contributed by atoms with van der Waals surface area (Å²) in [6.45, 7) is 3.53. The molecule has 4 rings (SSSR count). The fraction of sp³-hybridized carbons (Fsp3) is 0.273. The zero-order chi connectivity index (χ0) is 15.7. The van der Waals surface area contributed by atoms with Gasteiger partial charge >= 0.3 is 0 Å². The third kappa shape index (κ3) is 2.41. The maximum absolute atomic E-state index is 2.63. The first kappa shape index (κ1) is 14.3. The van der Waals surface area contributed by atoms with Crippen LogP contribution in [-0.4, -0.2) is 12.1 Å². The van der Waals surface area contributed by atoms with Crippen LogP contribution in [0.1, 0.15) is 30.9 Å². The molecule has 0 N–H and O–H groups in total. The van der Waals surface area contributed by atoms with Crippen LogP contribution in [0.3, 0.4) is 0 Å². The number of anilines is 1. The number of rotatable bonds is 2. The molecular formula is C22H23N. The molecule has 1 heteroatoms. The summed E-state index contributed by atoms with van der Waals surface area (Å²) in [4.78, 5) is 2.63. The highest BCUT2D eigenvalue weighted by molar-refractivity contribution is 5.80. The van der Waals surface area contributed by atoms with Crippen molar-refractivity contribution in [1.29, 1.82) is 0 Å². The monoisotopic (exact) mass is 301 g/mol. The van der Waals surface area contributed by atoms with Gasteiger partial charge in [-0.2, -0.15) is 0 Å². The van der Waals surface area contributed by atoms with Crippen LogP contribution in [0.25, 0.3) is 5.57 Å². The molecule has 0 saturated heterocycles. The predicted molar refractivity (Wildman–Crippen MR) is 98.7 cm³/mol. The number of para-hydroxylation sites is 1. The van der Waals surface area contributed by atoms with E-state index in [1.165, 1.54) is 35.2 Å². The zero-order valence-corrected chi connectivity index (χ0v) is 13.7. The fourth-order valence-electron chi connectivity index (χ4n) is 4.08. The first-order valence-electron chi connectivity index (χ1n) is 8.57. The minimum Gasteiger partial charge on any atom is -0.361 e. The predicted octanol–water partition coefficient (Wildman–Crippen LogP) is 5.24. The molecule has 0 spiro atoms. The minimum absolute atomic E-state index is 0.0205. The zero-order valence-electron chi connectivity index (χ0n) is 13.7. The Morgan fingerprint density at radius 3 is 2.61 bits per heavy atom. The second-order valence-electron chi connectivity index (χ2n) is 6.74. The second kappa shape index (κ2) is 5.73. The number of fused-ring (bicyclic) bond motifs is 1. The van der Waals surface area contributed by atoms with Gasteiger partial charge in [0.2, 0.25) is 0 Å². The van der Waals surface area contributed by atoms with Gasteiger partial charge in [-0.1, -0.05) is 66.8 Å². The van der Waals surface area contributed by atoms with Gasteiger partial charge in [0.15, 0.2) is 0 Å². The molecule has 2 aliphatic rings. The summed E-state index contributed by atoms with van der Waals surface area (Å²) >= 11 is 0. The van der Waals surface area contributed by atoms with E-state index in [-0.39, 0.29) is 5.54 Å². The van der Waals surface area contributed by atoms with Crippen molar-refractivity contribution in [2.24, 2.45) is 0 Å². The molecule has 23 heavy (non-hydrogen) atoms. The normalized spacial score (nSPS) is 23.3. The molecule has 2 aromatic carbocycles. The van der Waals surface area contributed by atoms with Crippen LogP contribution in [0.4, 0.5) is 5.69 Å². The lowest BCUT2D eigenvalue weighted by atomic mass is 9.78. The lowest BCUT2D eigenvalue weighted by Gasteiger charge is -2.48. The molecule has 0 amide bonds. The van der Waals surface area contributed by atoms with Crippen molar-refractivity contribution >= 4 is 11.3 Å². The Morgan fingerprint density at radius 1 is 0.957 bits per heavy atom. The third-order valence-corrected chi connectivity index (χ3v) is 5.29. The molecule has 1 heterocycles. The molecule has 1 aliphatic heterocycles. The molecule has 1 aliphatic carbocycles. The highest BCUT2D eigenvalue weighted by Gasteiger charge is 2.38. The van der Waals surface area contributed by atoms with Gasteiger partial charge in [0.25, 0.3) is 0 Å². The Bertz CT molecular complexity index is 757. The first-order chi connectivity index (χ1) is 11.3. The van der Waals surface area contributed by atoms with Crippen LogP contribution < -0.4 is 4.90 Å². The van der Waals surface area contributed by atoms with Gasteiger partial charge in [0, 0.05) is 12.2 Å². The van der Waals surface area contributed by atoms with Crippen LogP contribution >= 0.6 is 0 Å². The standard InChI is InChI=1S/C22H23N/c1-22(23-17-9-13-19-12-5-6-15-21(19)23)16-8-7-14-20(22)18-10-3-2-4-11-18/h2-8,10-12,14-15H,9,13,16-17H2,1H3. The Hall–Kier alpha value is -2.28. The topological polar surface area (TPSA) is 3.24 Å². The fourth-order valence-corrected chi connectivity index (χ4v) is 4.08. The quantitative estimate of drug-likeness (QED) is 0.733. The van der Waals surface area contributed by atoms with E-state index in [0.29, 0.717) is 0 Å². The van der Waals surface area contributed by atoms with Gasteiger partial charge in [-0.3, -0.25) is 0 Å². The third-order valence-electron chi connectivity index (χ3n) is 5.29. The van der Waals surface area contributed by atoms with Gasteiger partial charge in [-0.15, -0.1) is 0 Å². The molecule has 0 bridgehead atoms. The summed E-state index contributed by atoms with van der Waals surface area (Å²) < 4.78 is 0. The Balaban J connectivity index is 1.81. The first-order valence-corrected chi connectivity index (χ1v) is 8.57. The molecule has 0 radical (unpaired) electrons. The number of hydrogen-bond donors (Lipinski definition) is 0. The second-order valence-corrected chi connectivity index (χ2v) is 6.74. The number of allylic oxidation sites excluding steroid dienone is 2. The molecule has 1 unspecified atom stereocenters. The van der Waals surface area contributed by atoms with Gasteiger partial charge in [0.1, 0.15) is 0 Å². The van der Waals surface area contributed by atoms with Crippen LogP contribution in [0.15, 0.2) is 72.8 Å². The van der Waals surface area contributed by atoms with Crippen LogP contribution in [0.2, 0.25) is 0 Å². The highest BCUT2D eigenvalue weighted by Crippen LogP contribution is 2.43. The van der Waals surface area contributed by atoms with Crippen molar-refractivity contribution in [3.8, 4) is 0 Å². The largest absolute Gasteiger partial charge is 0.361 e. The van der Waals surface area contributed by atoms with Crippen LogP contribution in [0, 0.1) is 0 Å². The lowest BCUT2D eigenvalue weighted by molar-refractivity contribution is 0.507. The summed E-state index contributed by atoms with van der Waals surface area (Å²) in [6, 6.07) is 19.8. The summed E-state index contributed by atoms with van der Waals surface area (Å²) in [6.07, 6.45) is 10.3. The van der Waals surface area contributed by atoms with Gasteiger partial charge in [-0.25, -0.2) is 0 Å². The minimum atomic E-state index is 0.0205. The molecular weight excluding hydrogens is 278 g/mol. The smallest absolute Gasteiger partial charge is 0.0665 e. The van der Waals surface area contributed by atoms with Crippen LogP contribution in [-0.2, 0) is 6.42 Å². The molecule has 0 saturated carbocycles. The Kier molecular flexibility index (Phi) is 3.57. The van der Waals surface area contributed by atoms with E-state index in [1.807, 2.05) is 0 Å². The van der Waals surface area contributed by atoms with E-state index >= 15 is 0 Å². The molecule has 0 fully saturated rings. The lowest BCUT2D eigenvalue weighted by Crippen LogP contribution is -2.50. The van der Waals surface area contributed by atoms with Gasteiger partial charge in [-0.05, 0) is 49.0 Å². The average Bonchev–Trinajstić information content (AvgIpc) is 2.62.